The van der Waals surface area contributed by atoms with Gasteiger partial charge in [-0.15, -0.1) is 0 Å². The van der Waals surface area contributed by atoms with Crippen molar-refractivity contribution in [2.45, 2.75) is 25.6 Å². The molecule has 1 rings (SSSR count). The minimum atomic E-state index is -4.37. The van der Waals surface area contributed by atoms with E-state index in [1.54, 1.807) is 6.92 Å². The summed E-state index contributed by atoms with van der Waals surface area (Å²) in [6.45, 7) is 2.25. The first-order valence-electron chi connectivity index (χ1n) is 5.47. The molecule has 0 aliphatic rings. The van der Waals surface area contributed by atoms with E-state index in [4.69, 9.17) is 5.11 Å². The van der Waals surface area contributed by atoms with Gasteiger partial charge in [0.25, 0.3) is 0 Å². The number of alkyl halides is 3. The smallest absolute Gasteiger partial charge is 0.416 e. The molecule has 100 valence electrons. The zero-order valence-electron chi connectivity index (χ0n) is 9.79. The summed E-state index contributed by atoms with van der Waals surface area (Å²) >= 11 is 0. The van der Waals surface area contributed by atoms with Crippen LogP contribution in [0.25, 0.3) is 0 Å². The number of rotatable bonds is 5. The number of likely N-dealkylation sites (N-methyl/N-ethyl adjacent to an activating group) is 1. The topological polar surface area (TPSA) is 49.3 Å². The van der Waals surface area contributed by atoms with Crippen LogP contribution in [0.2, 0.25) is 0 Å². The van der Waals surface area contributed by atoms with Crippen molar-refractivity contribution in [2.24, 2.45) is 0 Å². The van der Waals surface area contributed by atoms with Gasteiger partial charge in [-0.1, -0.05) is 19.1 Å². The molecule has 18 heavy (non-hydrogen) atoms. The number of aliphatic carboxylic acids is 1. The lowest BCUT2D eigenvalue weighted by molar-refractivity contribution is -0.139. The van der Waals surface area contributed by atoms with Gasteiger partial charge in [0.15, 0.2) is 0 Å². The van der Waals surface area contributed by atoms with Gasteiger partial charge in [-0.05, 0) is 30.7 Å². The van der Waals surface area contributed by atoms with Crippen molar-refractivity contribution in [3.05, 3.63) is 35.4 Å². The van der Waals surface area contributed by atoms with E-state index in [1.807, 2.05) is 0 Å². The number of halogens is 3. The largest absolute Gasteiger partial charge is 0.480 e. The lowest BCUT2D eigenvalue weighted by atomic mass is 10.0. The van der Waals surface area contributed by atoms with Crippen molar-refractivity contribution < 1.29 is 23.1 Å². The lowest BCUT2D eigenvalue weighted by Gasteiger charge is -2.13. The summed E-state index contributed by atoms with van der Waals surface area (Å²) in [6.07, 6.45) is -4.21. The highest BCUT2D eigenvalue weighted by Crippen LogP contribution is 2.29. The van der Waals surface area contributed by atoms with Crippen molar-refractivity contribution in [3.63, 3.8) is 0 Å². The number of benzene rings is 1. The fourth-order valence-corrected chi connectivity index (χ4v) is 1.56. The average Bonchev–Trinajstić information content (AvgIpc) is 2.28. The maximum absolute atomic E-state index is 12.3. The molecule has 0 saturated carbocycles. The standard InChI is InChI=1S/C12H14F3NO2/c1-2-16-10(11(17)18)7-8-3-5-9(6-4-8)12(13,14)15/h3-6,10,16H,2,7H2,1H3,(H,17,18)/t10-/m0/s1. The zero-order chi connectivity index (χ0) is 13.8. The van der Waals surface area contributed by atoms with Crippen LogP contribution in [-0.4, -0.2) is 23.7 Å². The summed E-state index contributed by atoms with van der Waals surface area (Å²) in [5.74, 6) is -1.02. The Morgan fingerprint density at radius 1 is 1.33 bits per heavy atom. The highest BCUT2D eigenvalue weighted by Gasteiger charge is 2.30. The molecular weight excluding hydrogens is 247 g/mol. The van der Waals surface area contributed by atoms with Crippen LogP contribution in [0, 0.1) is 0 Å². The van der Waals surface area contributed by atoms with Gasteiger partial charge in [0.2, 0.25) is 0 Å². The minimum Gasteiger partial charge on any atom is -0.480 e. The number of hydrogen-bond acceptors (Lipinski definition) is 2. The molecule has 0 saturated heterocycles. The molecule has 0 aromatic heterocycles. The van der Waals surface area contributed by atoms with Crippen molar-refractivity contribution in [1.29, 1.82) is 0 Å². The van der Waals surface area contributed by atoms with E-state index in [0.717, 1.165) is 12.1 Å². The summed E-state index contributed by atoms with van der Waals surface area (Å²) in [7, 11) is 0. The Morgan fingerprint density at radius 2 is 1.89 bits per heavy atom. The van der Waals surface area contributed by atoms with Crippen LogP contribution in [0.15, 0.2) is 24.3 Å². The van der Waals surface area contributed by atoms with Gasteiger partial charge in [0.1, 0.15) is 6.04 Å². The number of hydrogen-bond donors (Lipinski definition) is 2. The second-order valence-corrected chi connectivity index (χ2v) is 3.85. The maximum Gasteiger partial charge on any atom is 0.416 e. The predicted octanol–water partition coefficient (Wildman–Crippen LogP) is 2.31. The van der Waals surface area contributed by atoms with E-state index in [0.29, 0.717) is 12.1 Å². The molecule has 2 N–H and O–H groups in total. The molecule has 0 aliphatic heterocycles. The van der Waals surface area contributed by atoms with Crippen LogP contribution in [0.1, 0.15) is 18.1 Å². The van der Waals surface area contributed by atoms with Gasteiger partial charge >= 0.3 is 12.1 Å². The number of carboxylic acid groups (broad SMARTS) is 1. The molecule has 0 aliphatic carbocycles. The molecule has 0 bridgehead atoms. The Bertz CT molecular complexity index is 401. The van der Waals surface area contributed by atoms with Gasteiger partial charge in [0, 0.05) is 0 Å². The molecule has 0 heterocycles. The third-order valence-corrected chi connectivity index (χ3v) is 2.47. The van der Waals surface area contributed by atoms with Crippen molar-refractivity contribution >= 4 is 5.97 Å². The Morgan fingerprint density at radius 3 is 2.28 bits per heavy atom. The molecule has 1 aromatic rings. The van der Waals surface area contributed by atoms with Gasteiger partial charge in [0.05, 0.1) is 5.56 Å². The molecule has 0 unspecified atom stereocenters. The van der Waals surface area contributed by atoms with Crippen LogP contribution in [0.3, 0.4) is 0 Å². The molecule has 1 atom stereocenters. The fourth-order valence-electron chi connectivity index (χ4n) is 1.56. The van der Waals surface area contributed by atoms with E-state index >= 15 is 0 Å². The van der Waals surface area contributed by atoms with Crippen LogP contribution in [0.5, 0.6) is 0 Å². The monoisotopic (exact) mass is 261 g/mol. The van der Waals surface area contributed by atoms with Crippen LogP contribution >= 0.6 is 0 Å². The SMILES string of the molecule is CCN[C@@H](Cc1ccc(C(F)(F)F)cc1)C(=O)O. The summed E-state index contributed by atoms with van der Waals surface area (Å²) < 4.78 is 37.0. The Hall–Kier alpha value is -1.56. The zero-order valence-corrected chi connectivity index (χ0v) is 9.79. The highest BCUT2D eigenvalue weighted by atomic mass is 19.4. The summed E-state index contributed by atoms with van der Waals surface area (Å²) in [5, 5.41) is 11.7. The molecule has 3 nitrogen and oxygen atoms in total. The summed E-state index contributed by atoms with van der Waals surface area (Å²) in [5.41, 5.74) is -0.182. The van der Waals surface area contributed by atoms with E-state index in [9.17, 15) is 18.0 Å². The molecule has 1 aromatic carbocycles. The quantitative estimate of drug-likeness (QED) is 0.855. The molecule has 0 radical (unpaired) electrons. The summed E-state index contributed by atoms with van der Waals surface area (Å²) in [4.78, 5) is 10.9. The Kier molecular flexibility index (Phi) is 4.72. The number of carbonyl (C=O) groups is 1. The third-order valence-electron chi connectivity index (χ3n) is 2.47. The molecule has 0 fully saturated rings. The minimum absolute atomic E-state index is 0.154. The lowest BCUT2D eigenvalue weighted by Crippen LogP contribution is -2.38. The molecule has 0 amide bonds. The highest BCUT2D eigenvalue weighted by molar-refractivity contribution is 5.73. The first kappa shape index (κ1) is 14.5. The second-order valence-electron chi connectivity index (χ2n) is 3.85. The second kappa shape index (κ2) is 5.86. The van der Waals surface area contributed by atoms with Crippen molar-refractivity contribution in [2.75, 3.05) is 6.54 Å². The number of nitrogens with one attached hydrogen (secondary N) is 1. The van der Waals surface area contributed by atoms with Crippen molar-refractivity contribution in [1.82, 2.24) is 5.32 Å². The van der Waals surface area contributed by atoms with Crippen LogP contribution in [0.4, 0.5) is 13.2 Å². The summed E-state index contributed by atoms with van der Waals surface area (Å²) in [6, 6.07) is 3.73. The van der Waals surface area contributed by atoms with Gasteiger partial charge in [-0.2, -0.15) is 13.2 Å². The molecule has 6 heteroatoms. The van der Waals surface area contributed by atoms with E-state index in [2.05, 4.69) is 5.32 Å². The number of carboxylic acids is 1. The fraction of sp³-hybridized carbons (Fsp3) is 0.417. The Balaban J connectivity index is 2.76. The van der Waals surface area contributed by atoms with Gasteiger partial charge in [-0.25, -0.2) is 0 Å². The maximum atomic E-state index is 12.3. The van der Waals surface area contributed by atoms with E-state index in [-0.39, 0.29) is 6.42 Å². The molecule has 0 spiro atoms. The third kappa shape index (κ3) is 4.03. The van der Waals surface area contributed by atoms with Crippen molar-refractivity contribution in [3.8, 4) is 0 Å². The van der Waals surface area contributed by atoms with Crippen LogP contribution < -0.4 is 5.32 Å². The normalized spacial score (nSPS) is 13.3. The van der Waals surface area contributed by atoms with Gasteiger partial charge in [-0.3, -0.25) is 4.79 Å². The van der Waals surface area contributed by atoms with Crippen LogP contribution in [-0.2, 0) is 17.4 Å². The predicted molar refractivity (Wildman–Crippen MR) is 60.2 cm³/mol. The van der Waals surface area contributed by atoms with Gasteiger partial charge < -0.3 is 10.4 Å². The van der Waals surface area contributed by atoms with E-state index < -0.39 is 23.8 Å². The average molecular weight is 261 g/mol. The van der Waals surface area contributed by atoms with E-state index in [1.165, 1.54) is 12.1 Å². The first-order valence-corrected chi connectivity index (χ1v) is 5.47. The molecular formula is C12H14F3NO2. The Labute approximate surface area is 103 Å². The first-order chi connectivity index (χ1) is 8.34.